The van der Waals surface area contributed by atoms with Gasteiger partial charge in [0.1, 0.15) is 5.82 Å². The zero-order valence-electron chi connectivity index (χ0n) is 12.1. The molecule has 0 spiro atoms. The third kappa shape index (κ3) is 3.31. The number of aromatic nitrogens is 2. The van der Waals surface area contributed by atoms with Gasteiger partial charge in [-0.2, -0.15) is 5.10 Å². The number of likely N-dealkylation sites (tertiary alicyclic amines) is 1. The minimum atomic E-state index is -0.314. The smallest absolute Gasteiger partial charge is 0.123 e. The highest BCUT2D eigenvalue weighted by Gasteiger charge is 2.32. The van der Waals surface area contributed by atoms with Gasteiger partial charge in [-0.15, -0.1) is 0 Å². The molecule has 0 saturated carbocycles. The molecule has 21 heavy (non-hydrogen) atoms. The van der Waals surface area contributed by atoms with Gasteiger partial charge in [-0.1, -0.05) is 12.1 Å². The molecule has 1 aromatic carbocycles. The standard InChI is InChI=1S/C16H20FN3O/c1-19-10-13(9-18-19)8-15-16(21)6-7-20(15)11-12-2-4-14(17)5-3-12/h2-5,9-10,15-16,21H,6-8,11H2,1H3/t15-,16+/m0/s1. The summed E-state index contributed by atoms with van der Waals surface area (Å²) in [6.07, 6.45) is 5.09. The Morgan fingerprint density at radius 3 is 2.71 bits per heavy atom. The lowest BCUT2D eigenvalue weighted by molar-refractivity contribution is 0.112. The van der Waals surface area contributed by atoms with Crippen molar-refractivity contribution in [1.82, 2.24) is 14.7 Å². The molecule has 0 radical (unpaired) electrons. The summed E-state index contributed by atoms with van der Waals surface area (Å²) in [7, 11) is 1.89. The fraction of sp³-hybridized carbons (Fsp3) is 0.438. The van der Waals surface area contributed by atoms with Gasteiger partial charge in [-0.25, -0.2) is 4.39 Å². The number of hydrogen-bond acceptors (Lipinski definition) is 3. The molecule has 0 amide bonds. The van der Waals surface area contributed by atoms with Crippen LogP contribution in [0.1, 0.15) is 17.5 Å². The lowest BCUT2D eigenvalue weighted by Gasteiger charge is -2.26. The first-order chi connectivity index (χ1) is 10.1. The van der Waals surface area contributed by atoms with Gasteiger partial charge in [0.2, 0.25) is 0 Å². The van der Waals surface area contributed by atoms with Crippen molar-refractivity contribution < 1.29 is 9.50 Å². The lowest BCUT2D eigenvalue weighted by Crippen LogP contribution is -2.36. The summed E-state index contributed by atoms with van der Waals surface area (Å²) in [4.78, 5) is 2.27. The predicted molar refractivity (Wildman–Crippen MR) is 78.1 cm³/mol. The fourth-order valence-electron chi connectivity index (χ4n) is 3.00. The van der Waals surface area contributed by atoms with Gasteiger partial charge < -0.3 is 5.11 Å². The van der Waals surface area contributed by atoms with Gasteiger partial charge in [-0.3, -0.25) is 9.58 Å². The van der Waals surface area contributed by atoms with E-state index in [4.69, 9.17) is 0 Å². The zero-order chi connectivity index (χ0) is 14.8. The molecular weight excluding hydrogens is 269 g/mol. The number of aryl methyl sites for hydroxylation is 1. The van der Waals surface area contributed by atoms with Crippen molar-refractivity contribution in [3.63, 3.8) is 0 Å². The van der Waals surface area contributed by atoms with Crippen LogP contribution in [0.25, 0.3) is 0 Å². The zero-order valence-corrected chi connectivity index (χ0v) is 12.1. The van der Waals surface area contributed by atoms with Crippen LogP contribution in [0.2, 0.25) is 0 Å². The maximum Gasteiger partial charge on any atom is 0.123 e. The van der Waals surface area contributed by atoms with Crippen LogP contribution >= 0.6 is 0 Å². The molecule has 3 rings (SSSR count). The molecule has 0 unspecified atom stereocenters. The van der Waals surface area contributed by atoms with E-state index in [0.29, 0.717) is 0 Å². The Kier molecular flexibility index (Phi) is 4.03. The summed E-state index contributed by atoms with van der Waals surface area (Å²) < 4.78 is 14.7. The number of halogens is 1. The molecule has 1 saturated heterocycles. The largest absolute Gasteiger partial charge is 0.391 e. The first kappa shape index (κ1) is 14.2. The number of aliphatic hydroxyl groups is 1. The normalized spacial score (nSPS) is 22.8. The Morgan fingerprint density at radius 2 is 2.05 bits per heavy atom. The molecule has 5 heteroatoms. The van der Waals surface area contributed by atoms with E-state index in [-0.39, 0.29) is 18.0 Å². The highest BCUT2D eigenvalue weighted by atomic mass is 19.1. The summed E-state index contributed by atoms with van der Waals surface area (Å²) in [5.74, 6) is -0.216. The van der Waals surface area contributed by atoms with Crippen molar-refractivity contribution in [2.45, 2.75) is 31.5 Å². The minimum Gasteiger partial charge on any atom is -0.391 e. The number of benzene rings is 1. The quantitative estimate of drug-likeness (QED) is 0.932. The minimum absolute atomic E-state index is 0.0965. The summed E-state index contributed by atoms with van der Waals surface area (Å²) in [6.45, 7) is 1.60. The van der Waals surface area contributed by atoms with E-state index >= 15 is 0 Å². The van der Waals surface area contributed by atoms with Crippen LogP contribution < -0.4 is 0 Å². The van der Waals surface area contributed by atoms with Crippen LogP contribution in [0.5, 0.6) is 0 Å². The average molecular weight is 289 g/mol. The molecule has 4 nitrogen and oxygen atoms in total. The molecule has 112 valence electrons. The van der Waals surface area contributed by atoms with Crippen molar-refractivity contribution in [2.24, 2.45) is 7.05 Å². The van der Waals surface area contributed by atoms with Gasteiger partial charge >= 0.3 is 0 Å². The van der Waals surface area contributed by atoms with Crippen LogP contribution in [-0.4, -0.2) is 38.5 Å². The van der Waals surface area contributed by atoms with Gasteiger partial charge in [-0.05, 0) is 36.1 Å². The van der Waals surface area contributed by atoms with Crippen molar-refractivity contribution >= 4 is 0 Å². The number of hydrogen-bond donors (Lipinski definition) is 1. The van der Waals surface area contributed by atoms with Crippen molar-refractivity contribution in [2.75, 3.05) is 6.54 Å². The van der Waals surface area contributed by atoms with Crippen molar-refractivity contribution in [1.29, 1.82) is 0 Å². The molecule has 0 bridgehead atoms. The third-order valence-corrected chi connectivity index (χ3v) is 4.13. The monoisotopic (exact) mass is 289 g/mol. The third-order valence-electron chi connectivity index (χ3n) is 4.13. The summed E-state index contributed by atoms with van der Waals surface area (Å²) >= 11 is 0. The molecule has 1 aliphatic rings. The van der Waals surface area contributed by atoms with Crippen LogP contribution in [0, 0.1) is 5.82 Å². The Balaban J connectivity index is 1.70. The van der Waals surface area contributed by atoms with Crippen LogP contribution in [0.4, 0.5) is 4.39 Å². The van der Waals surface area contributed by atoms with Crippen LogP contribution in [0.15, 0.2) is 36.7 Å². The number of aliphatic hydroxyl groups excluding tert-OH is 1. The molecule has 2 heterocycles. The van der Waals surface area contributed by atoms with Gasteiger partial charge in [0, 0.05) is 32.4 Å². The molecular formula is C16H20FN3O. The second-order valence-electron chi connectivity index (χ2n) is 5.75. The molecule has 1 aromatic heterocycles. The maximum atomic E-state index is 13.0. The fourth-order valence-corrected chi connectivity index (χ4v) is 3.00. The first-order valence-electron chi connectivity index (χ1n) is 7.26. The van der Waals surface area contributed by atoms with E-state index in [1.807, 2.05) is 19.4 Å². The van der Waals surface area contributed by atoms with E-state index in [1.165, 1.54) is 12.1 Å². The van der Waals surface area contributed by atoms with E-state index in [2.05, 4.69) is 10.00 Å². The van der Waals surface area contributed by atoms with E-state index in [9.17, 15) is 9.50 Å². The SMILES string of the molecule is Cn1cc(C[C@H]2[C@H](O)CCN2Cc2ccc(F)cc2)cn1. The Hall–Kier alpha value is -1.72. The average Bonchev–Trinajstić information content (AvgIpc) is 3.02. The van der Waals surface area contributed by atoms with E-state index < -0.39 is 0 Å². The van der Waals surface area contributed by atoms with Crippen LogP contribution in [0.3, 0.4) is 0 Å². The highest BCUT2D eigenvalue weighted by molar-refractivity contribution is 5.17. The van der Waals surface area contributed by atoms with Crippen molar-refractivity contribution in [3.05, 3.63) is 53.6 Å². The predicted octanol–water partition coefficient (Wildman–Crippen LogP) is 1.74. The Bertz CT molecular complexity index is 596. The maximum absolute atomic E-state index is 13.0. The number of rotatable bonds is 4. The summed E-state index contributed by atoms with van der Waals surface area (Å²) in [6, 6.07) is 6.68. The van der Waals surface area contributed by atoms with E-state index in [1.54, 1.807) is 16.8 Å². The topological polar surface area (TPSA) is 41.3 Å². The van der Waals surface area contributed by atoms with Crippen molar-refractivity contribution in [3.8, 4) is 0 Å². The second-order valence-corrected chi connectivity index (χ2v) is 5.75. The lowest BCUT2D eigenvalue weighted by atomic mass is 10.0. The molecule has 1 fully saturated rings. The molecule has 0 aliphatic carbocycles. The molecule has 1 N–H and O–H groups in total. The Morgan fingerprint density at radius 1 is 1.29 bits per heavy atom. The summed E-state index contributed by atoms with van der Waals surface area (Å²) in [5.41, 5.74) is 2.20. The molecule has 2 atom stereocenters. The first-order valence-corrected chi connectivity index (χ1v) is 7.26. The Labute approximate surface area is 123 Å². The highest BCUT2D eigenvalue weighted by Crippen LogP contribution is 2.24. The molecule has 2 aromatic rings. The van der Waals surface area contributed by atoms with E-state index in [0.717, 1.165) is 37.1 Å². The van der Waals surface area contributed by atoms with Gasteiger partial charge in [0.05, 0.1) is 12.3 Å². The summed E-state index contributed by atoms with van der Waals surface area (Å²) in [5, 5.41) is 14.4. The van der Waals surface area contributed by atoms with Gasteiger partial charge in [0.25, 0.3) is 0 Å². The van der Waals surface area contributed by atoms with Crippen LogP contribution in [-0.2, 0) is 20.0 Å². The molecule has 1 aliphatic heterocycles. The number of nitrogens with zero attached hydrogens (tertiary/aromatic N) is 3. The second kappa shape index (κ2) is 5.95. The van der Waals surface area contributed by atoms with Gasteiger partial charge in [0.15, 0.2) is 0 Å².